The Morgan fingerprint density at radius 2 is 0.878 bits per heavy atom. The van der Waals surface area contributed by atoms with E-state index in [0.717, 1.165) is 0 Å². The van der Waals surface area contributed by atoms with Crippen LogP contribution in [-0.2, 0) is 20.2 Å². The van der Waals surface area contributed by atoms with Crippen LogP contribution in [0.3, 0.4) is 0 Å². The van der Waals surface area contributed by atoms with Gasteiger partial charge in [-0.3, -0.25) is 0 Å². The van der Waals surface area contributed by atoms with Crippen molar-refractivity contribution in [2.24, 2.45) is 33.5 Å². The van der Waals surface area contributed by atoms with Crippen LogP contribution in [0, 0.1) is 33.5 Å². The van der Waals surface area contributed by atoms with E-state index in [1.54, 1.807) is 24.3 Å². The zero-order valence-electron chi connectivity index (χ0n) is 26.9. The van der Waals surface area contributed by atoms with Crippen LogP contribution in [0.15, 0.2) is 47.6 Å². The maximum atomic E-state index is 11.1. The van der Waals surface area contributed by atoms with Crippen molar-refractivity contribution in [3.63, 3.8) is 0 Å². The molecule has 2 aliphatic rings. The van der Waals surface area contributed by atoms with E-state index in [1.165, 1.54) is 0 Å². The van der Waals surface area contributed by atoms with Crippen LogP contribution >= 0.6 is 0 Å². The van der Waals surface area contributed by atoms with Gasteiger partial charge in [0, 0.05) is 11.8 Å². The van der Waals surface area contributed by atoms with Gasteiger partial charge in [-0.1, -0.05) is 107 Å². The van der Waals surface area contributed by atoms with Gasteiger partial charge in [-0.15, -0.1) is 0 Å². The molecule has 4 unspecified atom stereocenters. The Hall–Kier alpha value is -0.0403. The summed E-state index contributed by atoms with van der Waals surface area (Å²) in [6, 6.07) is 0. The van der Waals surface area contributed by atoms with Gasteiger partial charge in [0.05, 0.1) is 42.9 Å². The molecule has 0 aromatic carbocycles. The summed E-state index contributed by atoms with van der Waals surface area (Å²) in [5, 5.41) is 22.3. The molecule has 0 radical (unpaired) electrons. The summed E-state index contributed by atoms with van der Waals surface area (Å²) in [6.45, 7) is 23.6. The molecule has 0 saturated carbocycles. The summed E-state index contributed by atoms with van der Waals surface area (Å²) < 4.78 is 65.6. The maximum Gasteiger partial charge on any atom is 2.00 e. The summed E-state index contributed by atoms with van der Waals surface area (Å²) in [5.74, 6) is -1.49. The van der Waals surface area contributed by atoms with Gasteiger partial charge in [0.1, 0.15) is 0 Å². The summed E-state index contributed by atoms with van der Waals surface area (Å²) in [4.78, 5) is 0. The standard InChI is InChI=1S/2C15H26O4S.Ca/c2*1-13(2,3)12-8-7-11(10-20(17,18)19)9-15(12,16)14(4,5)6;/h2*7-9,12,16H,10H2,1-6H3,(H,17,18,19);/q;;+2/p-2. The SMILES string of the molecule is CC(C)(C)C1C=CC(CS(=O)(=O)[O-])=CC1(O)C(C)(C)C.CC(C)(C)C1C=CC(CS(=O)(=O)[O-])=CC1(O)C(C)(C)C.[Ca+2]. The molecule has 8 nitrogen and oxygen atoms in total. The third-order valence-electron chi connectivity index (χ3n) is 7.72. The van der Waals surface area contributed by atoms with E-state index in [4.69, 9.17) is 0 Å². The van der Waals surface area contributed by atoms with Crippen molar-refractivity contribution in [1.82, 2.24) is 0 Å². The second-order valence-corrected chi connectivity index (χ2v) is 18.2. The van der Waals surface area contributed by atoms with E-state index in [9.17, 15) is 36.2 Å². The molecule has 0 heterocycles. The Kier molecular flexibility index (Phi) is 13.1. The van der Waals surface area contributed by atoms with Crippen LogP contribution in [0.2, 0.25) is 0 Å². The van der Waals surface area contributed by atoms with Gasteiger partial charge in [-0.05, 0) is 45.0 Å². The third-order valence-corrected chi connectivity index (χ3v) is 9.09. The summed E-state index contributed by atoms with van der Waals surface area (Å²) >= 11 is 0. The molecule has 2 aliphatic carbocycles. The molecule has 41 heavy (non-hydrogen) atoms. The average molecular weight is 643 g/mol. The first kappa shape index (κ1) is 41.0. The molecule has 0 amide bonds. The summed E-state index contributed by atoms with van der Waals surface area (Å²) in [7, 11) is -8.71. The minimum Gasteiger partial charge on any atom is -0.748 e. The summed E-state index contributed by atoms with van der Waals surface area (Å²) in [5.41, 5.74) is -2.99. The van der Waals surface area contributed by atoms with Crippen LogP contribution in [0.1, 0.15) is 83.1 Å². The number of hydrogen-bond donors (Lipinski definition) is 2. The van der Waals surface area contributed by atoms with Crippen molar-refractivity contribution < 1.29 is 36.2 Å². The Bertz CT molecular complexity index is 1170. The predicted octanol–water partition coefficient (Wildman–Crippen LogP) is 4.55. The molecule has 0 spiro atoms. The Morgan fingerprint density at radius 3 is 1.05 bits per heavy atom. The second-order valence-electron chi connectivity index (χ2n) is 15.4. The Labute approximate surface area is 279 Å². The Morgan fingerprint density at radius 1 is 0.634 bits per heavy atom. The van der Waals surface area contributed by atoms with Gasteiger partial charge < -0.3 is 19.3 Å². The monoisotopic (exact) mass is 642 g/mol. The van der Waals surface area contributed by atoms with Gasteiger partial charge in [-0.2, -0.15) is 0 Å². The quantitative estimate of drug-likeness (QED) is 0.334. The van der Waals surface area contributed by atoms with Crippen molar-refractivity contribution in [2.75, 3.05) is 11.5 Å². The molecule has 0 fully saturated rings. The van der Waals surface area contributed by atoms with E-state index in [2.05, 4.69) is 0 Å². The molecule has 0 bridgehead atoms. The fourth-order valence-corrected chi connectivity index (χ4v) is 6.60. The van der Waals surface area contributed by atoms with Crippen LogP contribution in [0.4, 0.5) is 0 Å². The average Bonchev–Trinajstić information content (AvgIpc) is 2.62. The van der Waals surface area contributed by atoms with Crippen LogP contribution in [-0.4, -0.2) is 96.6 Å². The smallest absolute Gasteiger partial charge is 0.748 e. The van der Waals surface area contributed by atoms with E-state index in [1.807, 2.05) is 95.2 Å². The van der Waals surface area contributed by atoms with Crippen LogP contribution in [0.25, 0.3) is 0 Å². The molecule has 2 rings (SSSR count). The van der Waals surface area contributed by atoms with Gasteiger partial charge in [0.25, 0.3) is 0 Å². The first-order valence-corrected chi connectivity index (χ1v) is 16.6. The fraction of sp³-hybridized carbons (Fsp3) is 0.733. The van der Waals surface area contributed by atoms with Crippen molar-refractivity contribution in [1.29, 1.82) is 0 Å². The largest absolute Gasteiger partial charge is 2.00 e. The van der Waals surface area contributed by atoms with E-state index < -0.39 is 53.8 Å². The number of hydrogen-bond acceptors (Lipinski definition) is 8. The molecule has 0 saturated heterocycles. The normalized spacial score (nSPS) is 27.7. The van der Waals surface area contributed by atoms with Gasteiger partial charge in [0.2, 0.25) is 0 Å². The van der Waals surface area contributed by atoms with E-state index in [0.29, 0.717) is 11.1 Å². The molecule has 0 aromatic heterocycles. The van der Waals surface area contributed by atoms with Crippen molar-refractivity contribution in [3.8, 4) is 0 Å². The molecule has 0 aliphatic heterocycles. The van der Waals surface area contributed by atoms with E-state index in [-0.39, 0.29) is 60.4 Å². The molecule has 2 N–H and O–H groups in total. The first-order valence-electron chi connectivity index (χ1n) is 13.5. The number of aliphatic hydroxyl groups is 2. The molecule has 0 aromatic rings. The third kappa shape index (κ3) is 11.1. The first-order chi connectivity index (χ1) is 17.3. The molecular weight excluding hydrogens is 593 g/mol. The molecule has 232 valence electrons. The van der Waals surface area contributed by atoms with Crippen LogP contribution < -0.4 is 0 Å². The van der Waals surface area contributed by atoms with Crippen molar-refractivity contribution in [3.05, 3.63) is 47.6 Å². The van der Waals surface area contributed by atoms with Crippen molar-refractivity contribution in [2.45, 2.75) is 94.3 Å². The van der Waals surface area contributed by atoms with E-state index >= 15 is 0 Å². The zero-order valence-corrected chi connectivity index (χ0v) is 30.7. The maximum absolute atomic E-state index is 11.1. The number of rotatable bonds is 4. The molecule has 11 heteroatoms. The van der Waals surface area contributed by atoms with Gasteiger partial charge in [0.15, 0.2) is 0 Å². The zero-order chi connectivity index (χ0) is 32.0. The summed E-state index contributed by atoms with van der Waals surface area (Å²) in [6.07, 6.45) is 10.0. The minimum atomic E-state index is -4.35. The van der Waals surface area contributed by atoms with Crippen molar-refractivity contribution >= 4 is 58.0 Å². The minimum absolute atomic E-state index is 0. The fourth-order valence-electron chi connectivity index (χ4n) is 5.43. The second kappa shape index (κ2) is 13.1. The number of allylic oxidation sites excluding steroid dienone is 2. The van der Waals surface area contributed by atoms with Crippen LogP contribution in [0.5, 0.6) is 0 Å². The predicted molar refractivity (Wildman–Crippen MR) is 164 cm³/mol. The van der Waals surface area contributed by atoms with Gasteiger partial charge >= 0.3 is 37.7 Å². The Balaban J connectivity index is 0.000000762. The topological polar surface area (TPSA) is 155 Å². The van der Waals surface area contributed by atoms with Gasteiger partial charge in [-0.25, -0.2) is 16.8 Å². The molecular formula is C30H50CaO8S2. The molecule has 4 atom stereocenters.